The van der Waals surface area contributed by atoms with E-state index in [9.17, 15) is 14.4 Å². The largest absolute Gasteiger partial charge is 0.497 e. The van der Waals surface area contributed by atoms with Crippen LogP contribution < -0.4 is 24.4 Å². The molecule has 0 spiro atoms. The molecule has 0 atom stereocenters. The summed E-state index contributed by atoms with van der Waals surface area (Å²) in [4.78, 5) is 38.7. The van der Waals surface area contributed by atoms with Gasteiger partial charge < -0.3 is 14.2 Å². The van der Waals surface area contributed by atoms with Crippen LogP contribution in [0.4, 0.5) is 10.5 Å². The highest BCUT2D eigenvalue weighted by Gasteiger charge is 2.36. The molecule has 1 aliphatic rings. The summed E-state index contributed by atoms with van der Waals surface area (Å²) in [6.07, 6.45) is 1.42. The molecule has 1 fully saturated rings. The Hall–Kier alpha value is -4.59. The Balaban J connectivity index is 1.47. The van der Waals surface area contributed by atoms with Gasteiger partial charge >= 0.3 is 6.03 Å². The Morgan fingerprint density at radius 3 is 2.18 bits per heavy atom. The molecule has 0 saturated carbocycles. The second kappa shape index (κ2) is 10.4. The number of hydrogen-bond acceptors (Lipinski definition) is 6. The number of para-hydroxylation sites is 2. The van der Waals surface area contributed by atoms with Crippen molar-refractivity contribution in [3.8, 4) is 17.2 Å². The van der Waals surface area contributed by atoms with Crippen molar-refractivity contribution in [1.82, 2.24) is 5.32 Å². The molecule has 3 aromatic rings. The van der Waals surface area contributed by atoms with Gasteiger partial charge in [0.2, 0.25) is 0 Å². The average molecular weight is 458 g/mol. The van der Waals surface area contributed by atoms with Gasteiger partial charge in [-0.05, 0) is 48.5 Å². The predicted molar refractivity (Wildman–Crippen MR) is 126 cm³/mol. The molecule has 8 nitrogen and oxygen atoms in total. The van der Waals surface area contributed by atoms with Crippen molar-refractivity contribution in [2.45, 2.75) is 0 Å². The van der Waals surface area contributed by atoms with E-state index in [2.05, 4.69) is 5.32 Å². The Kier molecular flexibility index (Phi) is 6.88. The van der Waals surface area contributed by atoms with Gasteiger partial charge in [0, 0.05) is 5.56 Å². The molecule has 0 radical (unpaired) electrons. The van der Waals surface area contributed by atoms with Crippen molar-refractivity contribution >= 4 is 29.6 Å². The molecule has 172 valence electrons. The highest BCUT2D eigenvalue weighted by Crippen LogP contribution is 2.25. The SMILES string of the molecule is COc1ccc(OCCOc2ccccc2/C=C2\C(=O)NC(=O)N(c3ccccc3)C2=O)cc1. The zero-order valence-corrected chi connectivity index (χ0v) is 18.4. The van der Waals surface area contributed by atoms with Crippen LogP contribution in [0.1, 0.15) is 5.56 Å². The van der Waals surface area contributed by atoms with E-state index >= 15 is 0 Å². The summed E-state index contributed by atoms with van der Waals surface area (Å²) in [5.41, 5.74) is 0.713. The fourth-order valence-electron chi connectivity index (χ4n) is 3.34. The van der Waals surface area contributed by atoms with Crippen molar-refractivity contribution in [2.75, 3.05) is 25.2 Å². The number of carbonyl (C=O) groups is 3. The number of urea groups is 1. The van der Waals surface area contributed by atoms with E-state index in [1.165, 1.54) is 6.08 Å². The lowest BCUT2D eigenvalue weighted by molar-refractivity contribution is -0.122. The molecule has 4 rings (SSSR count). The Morgan fingerprint density at radius 2 is 1.44 bits per heavy atom. The maximum Gasteiger partial charge on any atom is 0.335 e. The van der Waals surface area contributed by atoms with Crippen LogP contribution in [0.15, 0.2) is 84.4 Å². The highest BCUT2D eigenvalue weighted by atomic mass is 16.5. The Morgan fingerprint density at radius 1 is 0.794 bits per heavy atom. The summed E-state index contributed by atoms with van der Waals surface area (Å²) >= 11 is 0. The second-order valence-electron chi connectivity index (χ2n) is 7.20. The van der Waals surface area contributed by atoms with Crippen LogP contribution in [0, 0.1) is 0 Å². The number of ether oxygens (including phenoxy) is 3. The van der Waals surface area contributed by atoms with Gasteiger partial charge in [-0.15, -0.1) is 0 Å². The lowest BCUT2D eigenvalue weighted by Crippen LogP contribution is -2.54. The number of barbiturate groups is 1. The van der Waals surface area contributed by atoms with E-state index in [1.54, 1.807) is 86.0 Å². The third-order valence-electron chi connectivity index (χ3n) is 5.00. The minimum atomic E-state index is -0.793. The van der Waals surface area contributed by atoms with Gasteiger partial charge in [0.1, 0.15) is 36.0 Å². The summed E-state index contributed by atoms with van der Waals surface area (Å²) in [5.74, 6) is 0.406. The van der Waals surface area contributed by atoms with Crippen LogP contribution in [0.5, 0.6) is 17.2 Å². The van der Waals surface area contributed by atoms with E-state index in [4.69, 9.17) is 14.2 Å². The first-order valence-corrected chi connectivity index (χ1v) is 10.5. The first-order valence-electron chi connectivity index (χ1n) is 10.5. The van der Waals surface area contributed by atoms with Crippen molar-refractivity contribution < 1.29 is 28.6 Å². The van der Waals surface area contributed by atoms with Crippen LogP contribution in [-0.2, 0) is 9.59 Å². The smallest absolute Gasteiger partial charge is 0.335 e. The fraction of sp³-hybridized carbons (Fsp3) is 0.115. The number of nitrogens with zero attached hydrogens (tertiary/aromatic N) is 1. The lowest BCUT2D eigenvalue weighted by Gasteiger charge is -2.26. The monoisotopic (exact) mass is 458 g/mol. The Labute approximate surface area is 196 Å². The van der Waals surface area contributed by atoms with Gasteiger partial charge in [0.05, 0.1) is 12.8 Å². The fourth-order valence-corrected chi connectivity index (χ4v) is 3.34. The Bertz CT molecular complexity index is 1220. The molecular weight excluding hydrogens is 436 g/mol. The summed E-state index contributed by atoms with van der Waals surface area (Å²) in [5, 5.41) is 2.22. The topological polar surface area (TPSA) is 94.2 Å². The average Bonchev–Trinajstić information content (AvgIpc) is 2.86. The maximum absolute atomic E-state index is 13.0. The number of imide groups is 2. The number of nitrogens with one attached hydrogen (secondary N) is 1. The maximum atomic E-state index is 13.0. The zero-order valence-electron chi connectivity index (χ0n) is 18.4. The second-order valence-corrected chi connectivity index (χ2v) is 7.20. The number of hydrogen-bond donors (Lipinski definition) is 1. The molecule has 8 heteroatoms. The van der Waals surface area contributed by atoms with Crippen molar-refractivity contribution in [2.24, 2.45) is 0 Å². The van der Waals surface area contributed by atoms with E-state index in [0.717, 1.165) is 10.6 Å². The number of rotatable bonds is 8. The predicted octanol–water partition coefficient (Wildman–Crippen LogP) is 3.82. The molecule has 0 aliphatic carbocycles. The molecule has 0 unspecified atom stereocenters. The van der Waals surface area contributed by atoms with Gasteiger partial charge in [-0.1, -0.05) is 36.4 Å². The van der Waals surface area contributed by atoms with Crippen LogP contribution in [-0.4, -0.2) is 38.2 Å². The van der Waals surface area contributed by atoms with Gasteiger partial charge in [0.15, 0.2) is 0 Å². The lowest BCUT2D eigenvalue weighted by atomic mass is 10.1. The third-order valence-corrected chi connectivity index (χ3v) is 5.00. The van der Waals surface area contributed by atoms with Crippen molar-refractivity contribution in [1.29, 1.82) is 0 Å². The number of anilines is 1. The molecule has 1 saturated heterocycles. The summed E-state index contributed by atoms with van der Waals surface area (Å²) in [6, 6.07) is 21.8. The molecule has 3 aromatic carbocycles. The number of methoxy groups -OCH3 is 1. The van der Waals surface area contributed by atoms with Crippen LogP contribution >= 0.6 is 0 Å². The minimum Gasteiger partial charge on any atom is -0.497 e. The standard InChI is InChI=1S/C26H22N2O6/c1-32-20-11-13-21(14-12-20)33-15-16-34-23-10-6-5-7-18(23)17-22-24(29)27-26(31)28(25(22)30)19-8-3-2-4-9-19/h2-14,17H,15-16H2,1H3,(H,27,29,31)/b22-17+. The van der Waals surface area contributed by atoms with E-state index < -0.39 is 17.8 Å². The first-order chi connectivity index (χ1) is 16.6. The van der Waals surface area contributed by atoms with E-state index in [1.807, 2.05) is 0 Å². The quantitative estimate of drug-likeness (QED) is 0.313. The molecule has 0 aromatic heterocycles. The molecule has 34 heavy (non-hydrogen) atoms. The van der Waals surface area contributed by atoms with Crippen LogP contribution in [0.3, 0.4) is 0 Å². The normalized spacial score (nSPS) is 14.7. The molecule has 1 aliphatic heterocycles. The van der Waals surface area contributed by atoms with E-state index in [-0.39, 0.29) is 18.8 Å². The highest BCUT2D eigenvalue weighted by molar-refractivity contribution is 6.39. The van der Waals surface area contributed by atoms with Crippen LogP contribution in [0.25, 0.3) is 6.08 Å². The minimum absolute atomic E-state index is 0.172. The van der Waals surface area contributed by atoms with Gasteiger partial charge in [-0.25, -0.2) is 9.69 Å². The van der Waals surface area contributed by atoms with Crippen molar-refractivity contribution in [3.05, 3.63) is 90.0 Å². The number of benzene rings is 3. The first kappa shape index (κ1) is 22.6. The van der Waals surface area contributed by atoms with Crippen molar-refractivity contribution in [3.63, 3.8) is 0 Å². The number of amides is 4. The zero-order chi connectivity index (χ0) is 23.9. The third kappa shape index (κ3) is 5.07. The molecule has 1 N–H and O–H groups in total. The summed E-state index contributed by atoms with van der Waals surface area (Å²) in [6.45, 7) is 0.522. The molecular formula is C26H22N2O6. The van der Waals surface area contributed by atoms with Gasteiger partial charge in [-0.2, -0.15) is 0 Å². The summed E-state index contributed by atoms with van der Waals surface area (Å²) in [7, 11) is 1.60. The summed E-state index contributed by atoms with van der Waals surface area (Å²) < 4.78 is 16.6. The van der Waals surface area contributed by atoms with Gasteiger partial charge in [-0.3, -0.25) is 14.9 Å². The number of carbonyl (C=O) groups excluding carboxylic acids is 3. The van der Waals surface area contributed by atoms with Crippen LogP contribution in [0.2, 0.25) is 0 Å². The molecule has 0 bridgehead atoms. The van der Waals surface area contributed by atoms with Gasteiger partial charge in [0.25, 0.3) is 11.8 Å². The molecule has 4 amide bonds. The van der Waals surface area contributed by atoms with E-state index in [0.29, 0.717) is 22.7 Å². The molecule has 1 heterocycles.